The standard InChI is InChI=1S/C24H27ClN2O4/c1-15(2)31-19-10-8-16(9-11-19)22(28)20-21(17-6-5-7-18(25)14-17)27(13-12-26(3)4)24(30)23(20)29/h5-11,14-15,21,28H,12-13H2,1-4H3/b22-20+. The molecule has 0 bridgehead atoms. The lowest BCUT2D eigenvalue weighted by Gasteiger charge is -2.26. The zero-order chi connectivity index (χ0) is 22.7. The molecule has 1 amide bonds. The summed E-state index contributed by atoms with van der Waals surface area (Å²) >= 11 is 6.19. The molecule has 0 saturated carbocycles. The third-order valence-electron chi connectivity index (χ3n) is 4.99. The lowest BCUT2D eigenvalue weighted by Crippen LogP contribution is -2.35. The number of likely N-dealkylation sites (tertiary alicyclic amines) is 1. The average Bonchev–Trinajstić information content (AvgIpc) is 2.96. The third-order valence-corrected chi connectivity index (χ3v) is 5.23. The van der Waals surface area contributed by atoms with Gasteiger partial charge in [0.05, 0.1) is 17.7 Å². The number of halogens is 1. The zero-order valence-electron chi connectivity index (χ0n) is 18.1. The smallest absolute Gasteiger partial charge is 0.295 e. The minimum atomic E-state index is -0.717. The van der Waals surface area contributed by atoms with Crippen LogP contribution in [0.2, 0.25) is 5.02 Å². The Morgan fingerprint density at radius 2 is 1.84 bits per heavy atom. The molecule has 0 radical (unpaired) electrons. The maximum absolute atomic E-state index is 13.0. The number of amides is 1. The van der Waals surface area contributed by atoms with Gasteiger partial charge in [-0.05, 0) is 69.9 Å². The molecule has 0 spiro atoms. The van der Waals surface area contributed by atoms with Crippen LogP contribution in [0.4, 0.5) is 0 Å². The van der Waals surface area contributed by atoms with Gasteiger partial charge in [0.25, 0.3) is 11.7 Å². The highest BCUT2D eigenvalue weighted by atomic mass is 35.5. The van der Waals surface area contributed by atoms with Gasteiger partial charge in [0.15, 0.2) is 0 Å². The van der Waals surface area contributed by atoms with Gasteiger partial charge in [0.2, 0.25) is 0 Å². The first-order valence-electron chi connectivity index (χ1n) is 10.1. The van der Waals surface area contributed by atoms with Crippen molar-refractivity contribution in [2.45, 2.75) is 26.0 Å². The SMILES string of the molecule is CC(C)Oc1ccc(/C(O)=C2\C(=O)C(=O)N(CCN(C)C)C2c2cccc(Cl)c2)cc1. The Morgan fingerprint density at radius 1 is 1.16 bits per heavy atom. The monoisotopic (exact) mass is 442 g/mol. The number of benzene rings is 2. The van der Waals surface area contributed by atoms with Crippen molar-refractivity contribution in [3.63, 3.8) is 0 Å². The van der Waals surface area contributed by atoms with Gasteiger partial charge in [0, 0.05) is 23.7 Å². The van der Waals surface area contributed by atoms with Gasteiger partial charge < -0.3 is 19.6 Å². The second-order valence-corrected chi connectivity index (χ2v) is 8.48. The fourth-order valence-electron chi connectivity index (χ4n) is 3.56. The largest absolute Gasteiger partial charge is 0.507 e. The number of carbonyl (C=O) groups is 2. The molecular formula is C24H27ClN2O4. The van der Waals surface area contributed by atoms with Gasteiger partial charge >= 0.3 is 0 Å². The number of aliphatic hydroxyl groups is 1. The van der Waals surface area contributed by atoms with Gasteiger partial charge in [-0.2, -0.15) is 0 Å². The maximum Gasteiger partial charge on any atom is 0.295 e. The van der Waals surface area contributed by atoms with Crippen molar-refractivity contribution in [3.8, 4) is 5.75 Å². The molecule has 0 aliphatic carbocycles. The molecule has 1 aliphatic heterocycles. The Morgan fingerprint density at radius 3 is 2.42 bits per heavy atom. The average molecular weight is 443 g/mol. The minimum Gasteiger partial charge on any atom is -0.507 e. The Labute approximate surface area is 187 Å². The topological polar surface area (TPSA) is 70.1 Å². The van der Waals surface area contributed by atoms with E-state index >= 15 is 0 Å². The van der Waals surface area contributed by atoms with Crippen LogP contribution in [0.5, 0.6) is 5.75 Å². The van der Waals surface area contributed by atoms with Gasteiger partial charge in [-0.3, -0.25) is 9.59 Å². The molecule has 0 aromatic heterocycles. The summed E-state index contributed by atoms with van der Waals surface area (Å²) in [6.45, 7) is 4.76. The summed E-state index contributed by atoms with van der Waals surface area (Å²) in [5, 5.41) is 11.6. The first kappa shape index (κ1) is 22.8. The van der Waals surface area contributed by atoms with Crippen molar-refractivity contribution >= 4 is 29.1 Å². The van der Waals surface area contributed by atoms with E-state index in [9.17, 15) is 14.7 Å². The minimum absolute atomic E-state index is 0.0179. The third kappa shape index (κ3) is 5.09. The van der Waals surface area contributed by atoms with E-state index in [1.807, 2.05) is 32.8 Å². The van der Waals surface area contributed by atoms with Gasteiger partial charge in [-0.1, -0.05) is 23.7 Å². The summed E-state index contributed by atoms with van der Waals surface area (Å²) in [5.74, 6) is -0.895. The van der Waals surface area contributed by atoms with E-state index in [2.05, 4.69) is 0 Å². The number of nitrogens with zero attached hydrogens (tertiary/aromatic N) is 2. The summed E-state index contributed by atoms with van der Waals surface area (Å²) in [6, 6.07) is 13.1. The highest BCUT2D eigenvalue weighted by Crippen LogP contribution is 2.40. The summed E-state index contributed by atoms with van der Waals surface area (Å²) < 4.78 is 5.64. The van der Waals surface area contributed by atoms with Crippen molar-refractivity contribution in [2.24, 2.45) is 0 Å². The molecule has 1 fully saturated rings. The molecule has 3 rings (SSSR count). The molecule has 1 saturated heterocycles. The van der Waals surface area contributed by atoms with Crippen molar-refractivity contribution in [1.82, 2.24) is 9.80 Å². The lowest BCUT2D eigenvalue weighted by molar-refractivity contribution is -0.140. The molecule has 7 heteroatoms. The predicted molar refractivity (Wildman–Crippen MR) is 121 cm³/mol. The molecule has 164 valence electrons. The molecule has 1 atom stereocenters. The van der Waals surface area contributed by atoms with E-state index in [4.69, 9.17) is 16.3 Å². The van der Waals surface area contributed by atoms with Crippen molar-refractivity contribution in [3.05, 3.63) is 70.3 Å². The molecule has 1 N–H and O–H groups in total. The molecule has 2 aromatic carbocycles. The molecule has 31 heavy (non-hydrogen) atoms. The first-order valence-corrected chi connectivity index (χ1v) is 10.5. The highest BCUT2D eigenvalue weighted by Gasteiger charge is 2.45. The number of Topliss-reactive ketones (excluding diaryl/α,β-unsaturated/α-hetero) is 1. The summed E-state index contributed by atoms with van der Waals surface area (Å²) in [5.41, 5.74) is 1.17. The van der Waals surface area contributed by atoms with Crippen LogP contribution in [0.15, 0.2) is 54.1 Å². The molecular weight excluding hydrogens is 416 g/mol. The molecule has 1 unspecified atom stereocenters. The number of hydrogen-bond acceptors (Lipinski definition) is 5. The zero-order valence-corrected chi connectivity index (χ0v) is 18.9. The highest BCUT2D eigenvalue weighted by molar-refractivity contribution is 6.46. The van der Waals surface area contributed by atoms with E-state index in [1.54, 1.807) is 48.5 Å². The van der Waals surface area contributed by atoms with Crippen LogP contribution in [0, 0.1) is 0 Å². The number of likely N-dealkylation sites (N-methyl/N-ethyl adjacent to an activating group) is 1. The molecule has 2 aromatic rings. The Balaban J connectivity index is 2.08. The van der Waals surface area contributed by atoms with Gasteiger partial charge in [-0.15, -0.1) is 0 Å². The summed E-state index contributed by atoms with van der Waals surface area (Å²) in [4.78, 5) is 29.3. The first-order chi connectivity index (χ1) is 14.7. The number of aliphatic hydroxyl groups excluding tert-OH is 1. The molecule has 1 aliphatic rings. The quantitative estimate of drug-likeness (QED) is 0.397. The van der Waals surface area contributed by atoms with Crippen LogP contribution in [0.1, 0.15) is 31.0 Å². The Kier molecular flexibility index (Phi) is 7.03. The Bertz CT molecular complexity index is 999. The van der Waals surface area contributed by atoms with E-state index in [0.717, 1.165) is 0 Å². The van der Waals surface area contributed by atoms with Crippen LogP contribution in [-0.4, -0.2) is 59.9 Å². The second-order valence-electron chi connectivity index (χ2n) is 8.04. The van der Waals surface area contributed by atoms with Crippen LogP contribution in [0.25, 0.3) is 5.76 Å². The predicted octanol–water partition coefficient (Wildman–Crippen LogP) is 4.11. The molecule has 6 nitrogen and oxygen atoms in total. The number of hydrogen-bond donors (Lipinski definition) is 1. The van der Waals surface area contributed by atoms with E-state index in [1.165, 1.54) is 4.90 Å². The number of ether oxygens (including phenoxy) is 1. The van der Waals surface area contributed by atoms with Gasteiger partial charge in [0.1, 0.15) is 11.5 Å². The van der Waals surface area contributed by atoms with Crippen LogP contribution in [0.3, 0.4) is 0 Å². The van der Waals surface area contributed by atoms with E-state index < -0.39 is 17.7 Å². The fourth-order valence-corrected chi connectivity index (χ4v) is 3.76. The maximum atomic E-state index is 13.0. The summed E-state index contributed by atoms with van der Waals surface area (Å²) in [7, 11) is 3.79. The normalized spacial score (nSPS) is 18.3. The Hall–Kier alpha value is -2.83. The van der Waals surface area contributed by atoms with Crippen LogP contribution in [-0.2, 0) is 9.59 Å². The number of carbonyl (C=O) groups excluding carboxylic acids is 2. The van der Waals surface area contributed by atoms with E-state index in [0.29, 0.717) is 35.0 Å². The fraction of sp³-hybridized carbons (Fsp3) is 0.333. The lowest BCUT2D eigenvalue weighted by atomic mass is 9.95. The van der Waals surface area contributed by atoms with Crippen molar-refractivity contribution in [1.29, 1.82) is 0 Å². The molecule has 1 heterocycles. The van der Waals surface area contributed by atoms with Crippen molar-refractivity contribution < 1.29 is 19.4 Å². The van der Waals surface area contributed by atoms with Crippen LogP contribution >= 0.6 is 11.6 Å². The van der Waals surface area contributed by atoms with Crippen LogP contribution < -0.4 is 4.74 Å². The number of rotatable bonds is 7. The van der Waals surface area contributed by atoms with E-state index in [-0.39, 0.29) is 17.4 Å². The second kappa shape index (κ2) is 9.54. The van der Waals surface area contributed by atoms with Gasteiger partial charge in [-0.25, -0.2) is 0 Å². The summed E-state index contributed by atoms with van der Waals surface area (Å²) in [6.07, 6.45) is 0.0179. The van der Waals surface area contributed by atoms with Crippen molar-refractivity contribution in [2.75, 3.05) is 27.2 Å². The number of ketones is 1.